The highest BCUT2D eigenvalue weighted by atomic mass is 16.1. The summed E-state index contributed by atoms with van der Waals surface area (Å²) in [5.41, 5.74) is 1.84. The van der Waals surface area contributed by atoms with Gasteiger partial charge in [0.15, 0.2) is 0 Å². The largest absolute Gasteiger partial charge is 0.290 e. The molecule has 0 spiro atoms. The number of H-pyrrole nitrogens is 1. The number of benzene rings is 1. The molecular formula is C14H12N4O. The number of nitrogens with one attached hydrogen (secondary N) is 1. The standard InChI is InChI=1S/C14H12N4O/c19-13-11-8-10(9-2-3-9)4-5-12(11)16-14(17-13)18-7-1-6-15-18/h1,4-9H,2-3H2,(H,16,17,19). The van der Waals surface area contributed by atoms with Gasteiger partial charge in [0.25, 0.3) is 5.56 Å². The summed E-state index contributed by atoms with van der Waals surface area (Å²) in [7, 11) is 0. The third-order valence-electron chi connectivity index (χ3n) is 3.49. The summed E-state index contributed by atoms with van der Waals surface area (Å²) >= 11 is 0. The summed E-state index contributed by atoms with van der Waals surface area (Å²) in [5.74, 6) is 1.08. The van der Waals surface area contributed by atoms with E-state index in [0.29, 0.717) is 22.8 Å². The molecule has 0 saturated heterocycles. The summed E-state index contributed by atoms with van der Waals surface area (Å²) in [6, 6.07) is 7.75. The fourth-order valence-corrected chi connectivity index (χ4v) is 2.32. The van der Waals surface area contributed by atoms with Crippen molar-refractivity contribution in [3.05, 3.63) is 52.6 Å². The third kappa shape index (κ3) is 1.74. The number of aromatic nitrogens is 4. The topological polar surface area (TPSA) is 63.6 Å². The molecule has 1 aliphatic rings. The molecule has 1 saturated carbocycles. The Morgan fingerprint density at radius 3 is 2.95 bits per heavy atom. The van der Waals surface area contributed by atoms with E-state index in [1.54, 1.807) is 23.1 Å². The zero-order valence-corrected chi connectivity index (χ0v) is 10.2. The van der Waals surface area contributed by atoms with Gasteiger partial charge in [0.05, 0.1) is 10.9 Å². The molecular weight excluding hydrogens is 240 g/mol. The molecule has 19 heavy (non-hydrogen) atoms. The van der Waals surface area contributed by atoms with Crippen LogP contribution in [0.3, 0.4) is 0 Å². The van der Waals surface area contributed by atoms with E-state index >= 15 is 0 Å². The molecule has 0 radical (unpaired) electrons. The Labute approximate surface area is 108 Å². The van der Waals surface area contributed by atoms with E-state index in [0.717, 1.165) is 0 Å². The molecule has 1 aromatic carbocycles. The maximum atomic E-state index is 12.2. The first-order chi connectivity index (χ1) is 9.31. The lowest BCUT2D eigenvalue weighted by Gasteiger charge is -2.04. The number of hydrogen-bond donors (Lipinski definition) is 1. The van der Waals surface area contributed by atoms with E-state index < -0.39 is 0 Å². The van der Waals surface area contributed by atoms with Gasteiger partial charge in [-0.05, 0) is 42.5 Å². The van der Waals surface area contributed by atoms with Crippen LogP contribution in [0.15, 0.2) is 41.5 Å². The van der Waals surface area contributed by atoms with Gasteiger partial charge in [-0.3, -0.25) is 9.78 Å². The summed E-state index contributed by atoms with van der Waals surface area (Å²) in [6.07, 6.45) is 5.85. The minimum atomic E-state index is -0.113. The molecule has 2 heterocycles. The molecule has 2 aromatic heterocycles. The minimum absolute atomic E-state index is 0.113. The van der Waals surface area contributed by atoms with Crippen molar-refractivity contribution in [1.82, 2.24) is 19.7 Å². The van der Waals surface area contributed by atoms with E-state index in [1.807, 2.05) is 12.1 Å². The van der Waals surface area contributed by atoms with Crippen LogP contribution < -0.4 is 5.56 Å². The van der Waals surface area contributed by atoms with E-state index in [-0.39, 0.29) is 5.56 Å². The van der Waals surface area contributed by atoms with Crippen LogP contribution in [0.25, 0.3) is 16.9 Å². The van der Waals surface area contributed by atoms with Gasteiger partial charge in [-0.2, -0.15) is 5.10 Å². The summed E-state index contributed by atoms with van der Waals surface area (Å²) in [6.45, 7) is 0. The predicted octanol–water partition coefficient (Wildman–Crippen LogP) is 1.99. The zero-order chi connectivity index (χ0) is 12.8. The van der Waals surface area contributed by atoms with Gasteiger partial charge in [0, 0.05) is 12.4 Å². The molecule has 3 aromatic rings. The van der Waals surface area contributed by atoms with E-state index in [1.165, 1.54) is 18.4 Å². The summed E-state index contributed by atoms with van der Waals surface area (Å²) < 4.78 is 1.55. The van der Waals surface area contributed by atoms with Gasteiger partial charge in [-0.15, -0.1) is 0 Å². The lowest BCUT2D eigenvalue weighted by atomic mass is 10.1. The Morgan fingerprint density at radius 2 is 2.21 bits per heavy atom. The minimum Gasteiger partial charge on any atom is -0.290 e. The second-order valence-corrected chi connectivity index (χ2v) is 4.89. The highest BCUT2D eigenvalue weighted by Crippen LogP contribution is 2.40. The van der Waals surface area contributed by atoms with Crippen molar-refractivity contribution in [3.63, 3.8) is 0 Å². The molecule has 0 bridgehead atoms. The highest BCUT2D eigenvalue weighted by molar-refractivity contribution is 5.79. The first-order valence-electron chi connectivity index (χ1n) is 6.35. The van der Waals surface area contributed by atoms with Crippen LogP contribution in [0.2, 0.25) is 0 Å². The van der Waals surface area contributed by atoms with Crippen molar-refractivity contribution < 1.29 is 0 Å². The average Bonchev–Trinajstić information content (AvgIpc) is 3.13. The maximum absolute atomic E-state index is 12.2. The Hall–Kier alpha value is -2.43. The van der Waals surface area contributed by atoms with Crippen LogP contribution >= 0.6 is 0 Å². The quantitative estimate of drug-likeness (QED) is 0.758. The van der Waals surface area contributed by atoms with Gasteiger partial charge >= 0.3 is 0 Å². The lowest BCUT2D eigenvalue weighted by molar-refractivity contribution is 0.810. The second kappa shape index (κ2) is 3.78. The number of nitrogens with zero attached hydrogens (tertiary/aromatic N) is 3. The van der Waals surface area contributed by atoms with Crippen molar-refractivity contribution in [2.24, 2.45) is 0 Å². The molecule has 5 heteroatoms. The number of fused-ring (bicyclic) bond motifs is 1. The number of aromatic amines is 1. The fraction of sp³-hybridized carbons (Fsp3) is 0.214. The molecule has 5 nitrogen and oxygen atoms in total. The molecule has 4 rings (SSSR count). The van der Waals surface area contributed by atoms with Gasteiger partial charge in [0.2, 0.25) is 5.95 Å². The zero-order valence-electron chi connectivity index (χ0n) is 10.2. The summed E-state index contributed by atoms with van der Waals surface area (Å²) in [4.78, 5) is 19.4. The van der Waals surface area contributed by atoms with Crippen molar-refractivity contribution in [2.45, 2.75) is 18.8 Å². The molecule has 1 aliphatic carbocycles. The summed E-state index contributed by atoms with van der Waals surface area (Å²) in [5, 5.41) is 4.73. The van der Waals surface area contributed by atoms with Crippen molar-refractivity contribution in [2.75, 3.05) is 0 Å². The third-order valence-corrected chi connectivity index (χ3v) is 3.49. The lowest BCUT2D eigenvalue weighted by Crippen LogP contribution is -2.14. The van der Waals surface area contributed by atoms with Crippen molar-refractivity contribution in [3.8, 4) is 5.95 Å². The van der Waals surface area contributed by atoms with Crippen LogP contribution in [0, 0.1) is 0 Å². The van der Waals surface area contributed by atoms with E-state index in [9.17, 15) is 4.79 Å². The van der Waals surface area contributed by atoms with Crippen LogP contribution in [-0.4, -0.2) is 19.7 Å². The molecule has 1 N–H and O–H groups in total. The Morgan fingerprint density at radius 1 is 1.32 bits per heavy atom. The predicted molar refractivity (Wildman–Crippen MR) is 71.5 cm³/mol. The molecule has 0 aliphatic heterocycles. The monoisotopic (exact) mass is 252 g/mol. The van der Waals surface area contributed by atoms with Gasteiger partial charge < -0.3 is 0 Å². The first kappa shape index (κ1) is 10.5. The molecule has 0 unspecified atom stereocenters. The Balaban J connectivity index is 1.93. The fourth-order valence-electron chi connectivity index (χ4n) is 2.32. The number of rotatable bonds is 2. The van der Waals surface area contributed by atoms with E-state index in [2.05, 4.69) is 21.1 Å². The van der Waals surface area contributed by atoms with E-state index in [4.69, 9.17) is 0 Å². The molecule has 0 atom stereocenters. The Bertz CT molecular complexity index is 800. The SMILES string of the molecule is O=c1[nH]c(-n2cccn2)nc2ccc(C3CC3)cc12. The van der Waals surface area contributed by atoms with Crippen molar-refractivity contribution >= 4 is 10.9 Å². The van der Waals surface area contributed by atoms with Crippen LogP contribution in [0.1, 0.15) is 24.3 Å². The second-order valence-electron chi connectivity index (χ2n) is 4.89. The van der Waals surface area contributed by atoms with Crippen LogP contribution in [0.4, 0.5) is 0 Å². The number of hydrogen-bond acceptors (Lipinski definition) is 3. The first-order valence-corrected chi connectivity index (χ1v) is 6.35. The highest BCUT2D eigenvalue weighted by Gasteiger charge is 2.23. The normalized spacial score (nSPS) is 14.9. The van der Waals surface area contributed by atoms with Gasteiger partial charge in [-0.1, -0.05) is 6.07 Å². The Kier molecular flexibility index (Phi) is 2.09. The van der Waals surface area contributed by atoms with Crippen LogP contribution in [-0.2, 0) is 0 Å². The smallest absolute Gasteiger partial charge is 0.260 e. The molecule has 94 valence electrons. The maximum Gasteiger partial charge on any atom is 0.260 e. The molecule has 1 fully saturated rings. The van der Waals surface area contributed by atoms with Crippen molar-refractivity contribution in [1.29, 1.82) is 0 Å². The average molecular weight is 252 g/mol. The van der Waals surface area contributed by atoms with Crippen LogP contribution in [0.5, 0.6) is 0 Å². The molecule has 0 amide bonds. The van der Waals surface area contributed by atoms with Gasteiger partial charge in [-0.25, -0.2) is 9.67 Å². The van der Waals surface area contributed by atoms with Gasteiger partial charge in [0.1, 0.15) is 0 Å².